The molecule has 1 atom stereocenters. The van der Waals surface area contributed by atoms with Crippen LogP contribution in [-0.2, 0) is 5.54 Å². The number of alkyl halides is 6. The van der Waals surface area contributed by atoms with Gasteiger partial charge in [0.15, 0.2) is 6.35 Å². The van der Waals surface area contributed by atoms with Crippen molar-refractivity contribution in [2.75, 3.05) is 33.7 Å². The second-order valence-electron chi connectivity index (χ2n) is 12.0. The highest BCUT2D eigenvalue weighted by atomic mass is 19.4. The Hall–Kier alpha value is -1.36. The number of aliphatic hydroxyl groups excluding tert-OH is 1. The largest absolute Gasteiger partial charge is 0.395 e. The average Bonchev–Trinajstić information content (AvgIpc) is 3.71. The molecule has 4 fully saturated rings. The predicted molar refractivity (Wildman–Crippen MR) is 123 cm³/mol. The summed E-state index contributed by atoms with van der Waals surface area (Å²) in [6, 6.07) is 9.96. The van der Waals surface area contributed by atoms with Crippen LogP contribution in [0.1, 0.15) is 56.9 Å². The normalized spacial score (nSPS) is 34.4. The van der Waals surface area contributed by atoms with Gasteiger partial charge in [-0.3, -0.25) is 14.7 Å². The summed E-state index contributed by atoms with van der Waals surface area (Å²) in [5, 5.41) is 11.2. The lowest BCUT2D eigenvalue weighted by Gasteiger charge is -2.52. The zero-order valence-electron chi connectivity index (χ0n) is 20.8. The molecule has 4 nitrogen and oxygen atoms in total. The van der Waals surface area contributed by atoms with Crippen LogP contribution in [0.4, 0.5) is 26.3 Å². The van der Waals surface area contributed by atoms with Crippen molar-refractivity contribution in [1.29, 1.82) is 0 Å². The molecule has 0 bridgehead atoms. The van der Waals surface area contributed by atoms with Crippen molar-refractivity contribution in [1.82, 2.24) is 14.7 Å². The molecule has 4 aliphatic rings. The standard InChI is InChI=1S/C26H35F6N3O/c1-33(2)24(19-6-4-3-5-7-19)14-12-23(13-15-24)18-34(16-21(8-9-21)25(27,28)29)20(36)35(23)17-22(10-11-22)26(30,31)32/h3-7,20,36H,8-18H2,1-2H3/t20?,23-,24+. The fourth-order valence-electron chi connectivity index (χ4n) is 6.78. The average molecular weight is 520 g/mol. The Kier molecular flexibility index (Phi) is 6.07. The van der Waals surface area contributed by atoms with Gasteiger partial charge in [-0.1, -0.05) is 30.3 Å². The van der Waals surface area contributed by atoms with Crippen LogP contribution < -0.4 is 0 Å². The molecule has 36 heavy (non-hydrogen) atoms. The van der Waals surface area contributed by atoms with E-state index in [1.165, 1.54) is 9.80 Å². The van der Waals surface area contributed by atoms with Crippen LogP contribution in [-0.4, -0.2) is 77.8 Å². The fourth-order valence-corrected chi connectivity index (χ4v) is 6.78. The summed E-state index contributed by atoms with van der Waals surface area (Å²) in [7, 11) is 3.98. The van der Waals surface area contributed by atoms with Crippen LogP contribution >= 0.6 is 0 Å². The topological polar surface area (TPSA) is 30.0 Å². The van der Waals surface area contributed by atoms with Crippen molar-refractivity contribution in [3.8, 4) is 0 Å². The van der Waals surface area contributed by atoms with E-state index < -0.39 is 35.1 Å². The maximum Gasteiger partial charge on any atom is 0.395 e. The Bertz CT molecular complexity index is 947. The second-order valence-corrected chi connectivity index (χ2v) is 12.0. The van der Waals surface area contributed by atoms with Gasteiger partial charge in [-0.25, -0.2) is 0 Å². The van der Waals surface area contributed by atoms with Gasteiger partial charge in [0.2, 0.25) is 0 Å². The minimum atomic E-state index is -4.41. The number of halogens is 6. The lowest BCUT2D eigenvalue weighted by atomic mass is 9.68. The molecule has 1 heterocycles. The zero-order chi connectivity index (χ0) is 26.2. The second kappa shape index (κ2) is 8.32. The summed E-state index contributed by atoms with van der Waals surface area (Å²) in [6.07, 6.45) is -7.98. The van der Waals surface area contributed by atoms with E-state index in [2.05, 4.69) is 17.0 Å². The molecule has 1 aromatic carbocycles. The van der Waals surface area contributed by atoms with Crippen molar-refractivity contribution in [3.63, 3.8) is 0 Å². The van der Waals surface area contributed by atoms with E-state index in [4.69, 9.17) is 0 Å². The highest BCUT2D eigenvalue weighted by Gasteiger charge is 2.69. The first kappa shape index (κ1) is 26.3. The molecule has 1 spiro atoms. The Labute approximate surface area is 208 Å². The molecule has 0 aromatic heterocycles. The van der Waals surface area contributed by atoms with Crippen LogP contribution in [0.25, 0.3) is 0 Å². The van der Waals surface area contributed by atoms with Crippen LogP contribution in [0.15, 0.2) is 30.3 Å². The van der Waals surface area contributed by atoms with Crippen molar-refractivity contribution in [2.45, 2.75) is 81.1 Å². The first-order chi connectivity index (χ1) is 16.7. The van der Waals surface area contributed by atoms with E-state index in [-0.39, 0.29) is 50.9 Å². The number of nitrogens with zero attached hydrogens (tertiary/aromatic N) is 3. The van der Waals surface area contributed by atoms with Crippen LogP contribution in [0.5, 0.6) is 0 Å². The fraction of sp³-hybridized carbons (Fsp3) is 0.769. The van der Waals surface area contributed by atoms with Crippen molar-refractivity contribution < 1.29 is 31.4 Å². The molecule has 3 aliphatic carbocycles. The van der Waals surface area contributed by atoms with Gasteiger partial charge >= 0.3 is 12.4 Å². The SMILES string of the molecule is CN(C)[C@]1(c2ccccc2)CC[C@]2(CC1)CN(CC1(C(F)(F)F)CC1)C(O)N2CC1(C(F)(F)F)CC1. The molecule has 5 rings (SSSR count). The lowest BCUT2D eigenvalue weighted by Crippen LogP contribution is -2.58. The highest BCUT2D eigenvalue weighted by Crippen LogP contribution is 2.62. The van der Waals surface area contributed by atoms with Crippen molar-refractivity contribution in [3.05, 3.63) is 35.9 Å². The smallest absolute Gasteiger partial charge is 0.365 e. The monoisotopic (exact) mass is 519 g/mol. The summed E-state index contributed by atoms with van der Waals surface area (Å²) in [6.45, 7) is -0.585. The quantitative estimate of drug-likeness (QED) is 0.515. The molecule has 1 aliphatic heterocycles. The zero-order valence-corrected chi connectivity index (χ0v) is 20.8. The number of hydrogen-bond acceptors (Lipinski definition) is 4. The lowest BCUT2D eigenvalue weighted by molar-refractivity contribution is -0.212. The Morgan fingerprint density at radius 3 is 1.75 bits per heavy atom. The molecule has 10 heteroatoms. The molecular weight excluding hydrogens is 484 g/mol. The van der Waals surface area contributed by atoms with E-state index >= 15 is 0 Å². The molecule has 1 unspecified atom stereocenters. The predicted octanol–water partition coefficient (Wildman–Crippen LogP) is 5.33. The van der Waals surface area contributed by atoms with Gasteiger partial charge < -0.3 is 5.11 Å². The molecule has 1 saturated heterocycles. The van der Waals surface area contributed by atoms with Crippen LogP contribution in [0, 0.1) is 10.8 Å². The maximum absolute atomic E-state index is 13.9. The third-order valence-corrected chi connectivity index (χ3v) is 9.78. The maximum atomic E-state index is 13.9. The Morgan fingerprint density at radius 1 is 0.806 bits per heavy atom. The Morgan fingerprint density at radius 2 is 1.31 bits per heavy atom. The Balaban J connectivity index is 1.44. The number of aliphatic hydroxyl groups is 1. The van der Waals surface area contributed by atoms with Crippen molar-refractivity contribution in [2.24, 2.45) is 10.8 Å². The van der Waals surface area contributed by atoms with E-state index in [1.807, 2.05) is 32.3 Å². The summed E-state index contributed by atoms with van der Waals surface area (Å²) >= 11 is 0. The number of benzene rings is 1. The molecule has 1 aromatic rings. The molecule has 3 saturated carbocycles. The minimum absolute atomic E-state index is 0.00302. The molecule has 0 amide bonds. The summed E-state index contributed by atoms with van der Waals surface area (Å²) in [5.41, 5.74) is -3.74. The summed E-state index contributed by atoms with van der Waals surface area (Å²) in [5.74, 6) is 0. The van der Waals surface area contributed by atoms with E-state index in [1.54, 1.807) is 0 Å². The molecular formula is C26H35F6N3O. The van der Waals surface area contributed by atoms with Crippen LogP contribution in [0.3, 0.4) is 0 Å². The van der Waals surface area contributed by atoms with Gasteiger partial charge in [0.05, 0.1) is 10.8 Å². The van der Waals surface area contributed by atoms with Crippen LogP contribution in [0.2, 0.25) is 0 Å². The van der Waals surface area contributed by atoms with Gasteiger partial charge in [0.1, 0.15) is 0 Å². The van der Waals surface area contributed by atoms with E-state index in [0.29, 0.717) is 25.7 Å². The van der Waals surface area contributed by atoms with E-state index in [0.717, 1.165) is 5.56 Å². The number of rotatable bonds is 6. The molecule has 202 valence electrons. The first-order valence-electron chi connectivity index (χ1n) is 12.7. The van der Waals surface area contributed by atoms with Gasteiger partial charge in [-0.15, -0.1) is 0 Å². The van der Waals surface area contributed by atoms with Gasteiger partial charge in [0, 0.05) is 30.7 Å². The van der Waals surface area contributed by atoms with Gasteiger partial charge in [-0.05, 0) is 71.0 Å². The first-order valence-corrected chi connectivity index (χ1v) is 12.7. The highest BCUT2D eigenvalue weighted by molar-refractivity contribution is 5.27. The van der Waals surface area contributed by atoms with Crippen molar-refractivity contribution >= 4 is 0 Å². The minimum Gasteiger partial charge on any atom is -0.365 e. The number of hydrogen-bond donors (Lipinski definition) is 1. The molecule has 0 radical (unpaired) electrons. The van der Waals surface area contributed by atoms with Gasteiger partial charge in [-0.2, -0.15) is 26.3 Å². The van der Waals surface area contributed by atoms with E-state index in [9.17, 15) is 31.4 Å². The molecule has 1 N–H and O–H groups in total. The van der Waals surface area contributed by atoms with Gasteiger partial charge in [0.25, 0.3) is 0 Å². The summed E-state index contributed by atoms with van der Waals surface area (Å²) in [4.78, 5) is 5.06. The third-order valence-electron chi connectivity index (χ3n) is 9.78. The summed E-state index contributed by atoms with van der Waals surface area (Å²) < 4.78 is 83.1. The third kappa shape index (κ3) is 4.07.